The Balaban J connectivity index is 2.69. The van der Waals surface area contributed by atoms with Crippen LogP contribution in [0, 0.1) is 0 Å². The van der Waals surface area contributed by atoms with E-state index in [0.29, 0.717) is 13.0 Å². The molecule has 0 aliphatic heterocycles. The second kappa shape index (κ2) is 4.99. The molecule has 0 aromatic carbocycles. The molecule has 0 amide bonds. The number of rotatable bonds is 5. The molecule has 0 saturated heterocycles. The van der Waals surface area contributed by atoms with E-state index in [4.69, 9.17) is 9.47 Å². The van der Waals surface area contributed by atoms with Crippen molar-refractivity contribution in [3.05, 3.63) is 16.7 Å². The van der Waals surface area contributed by atoms with Crippen molar-refractivity contribution in [1.82, 2.24) is 9.13 Å². The summed E-state index contributed by atoms with van der Waals surface area (Å²) in [6, 6.07) is 0. The lowest BCUT2D eigenvalue weighted by Crippen LogP contribution is -2.25. The van der Waals surface area contributed by atoms with Gasteiger partial charge in [0.2, 0.25) is 5.88 Å². The number of hydrogen-bond acceptors (Lipinski definition) is 4. The van der Waals surface area contributed by atoms with Gasteiger partial charge < -0.3 is 14.6 Å². The van der Waals surface area contributed by atoms with Crippen LogP contribution in [0.2, 0.25) is 0 Å². The molecule has 0 unspecified atom stereocenters. The van der Waals surface area contributed by atoms with Crippen molar-refractivity contribution in [2.24, 2.45) is 7.05 Å². The van der Waals surface area contributed by atoms with Gasteiger partial charge in [-0.1, -0.05) is 0 Å². The van der Waals surface area contributed by atoms with Crippen LogP contribution in [0.15, 0.2) is 11.0 Å². The first kappa shape index (κ1) is 11.8. The lowest BCUT2D eigenvalue weighted by atomic mass is 10.4. The number of ether oxygens (including phenoxy) is 2. The van der Waals surface area contributed by atoms with Gasteiger partial charge in [0.15, 0.2) is 6.29 Å². The molecular formula is C9H16N2O4. The van der Waals surface area contributed by atoms with Gasteiger partial charge in [0.25, 0.3) is 0 Å². The van der Waals surface area contributed by atoms with Crippen LogP contribution in [0.25, 0.3) is 0 Å². The Kier molecular flexibility index (Phi) is 3.93. The summed E-state index contributed by atoms with van der Waals surface area (Å²) in [5.41, 5.74) is -0.251. The van der Waals surface area contributed by atoms with E-state index in [1.165, 1.54) is 29.6 Å². The Morgan fingerprint density at radius 2 is 2.07 bits per heavy atom. The first-order valence-corrected chi connectivity index (χ1v) is 4.61. The fourth-order valence-corrected chi connectivity index (χ4v) is 1.36. The molecule has 0 radical (unpaired) electrons. The first-order chi connectivity index (χ1) is 7.10. The second-order valence-corrected chi connectivity index (χ2v) is 3.22. The number of hydrogen-bond donors (Lipinski definition) is 1. The van der Waals surface area contributed by atoms with E-state index in [0.717, 1.165) is 0 Å². The summed E-state index contributed by atoms with van der Waals surface area (Å²) in [5, 5.41) is 9.43. The highest BCUT2D eigenvalue weighted by Gasteiger charge is 2.10. The Bertz CT molecular complexity index is 365. The summed E-state index contributed by atoms with van der Waals surface area (Å²) in [6.07, 6.45) is 1.51. The van der Waals surface area contributed by atoms with E-state index in [1.54, 1.807) is 7.05 Å². The lowest BCUT2D eigenvalue weighted by molar-refractivity contribution is -0.108. The minimum Gasteiger partial charge on any atom is -0.493 e. The first-order valence-electron chi connectivity index (χ1n) is 4.61. The van der Waals surface area contributed by atoms with Crippen molar-refractivity contribution in [3.63, 3.8) is 0 Å². The van der Waals surface area contributed by atoms with Crippen LogP contribution >= 0.6 is 0 Å². The third kappa shape index (κ3) is 2.60. The average molecular weight is 216 g/mol. The maximum absolute atomic E-state index is 11.5. The molecule has 1 rings (SSSR count). The van der Waals surface area contributed by atoms with Gasteiger partial charge in [-0.15, -0.1) is 0 Å². The van der Waals surface area contributed by atoms with Crippen LogP contribution in [0.4, 0.5) is 0 Å². The molecule has 1 aromatic heterocycles. The third-order valence-electron chi connectivity index (χ3n) is 2.23. The number of aromatic nitrogens is 2. The molecule has 0 spiro atoms. The highest BCUT2D eigenvalue weighted by molar-refractivity contribution is 5.04. The van der Waals surface area contributed by atoms with Gasteiger partial charge in [-0.05, 0) is 0 Å². The highest BCUT2D eigenvalue weighted by Crippen LogP contribution is 2.07. The topological polar surface area (TPSA) is 65.6 Å². The van der Waals surface area contributed by atoms with E-state index in [-0.39, 0.29) is 17.9 Å². The van der Waals surface area contributed by atoms with Crippen LogP contribution in [-0.4, -0.2) is 34.8 Å². The van der Waals surface area contributed by atoms with E-state index in [9.17, 15) is 9.90 Å². The summed E-state index contributed by atoms with van der Waals surface area (Å²) in [4.78, 5) is 11.5. The smallest absolute Gasteiger partial charge is 0.330 e. The van der Waals surface area contributed by atoms with Crippen LogP contribution < -0.4 is 5.69 Å². The van der Waals surface area contributed by atoms with E-state index >= 15 is 0 Å². The number of imidazole rings is 1. The molecule has 0 fully saturated rings. The Morgan fingerprint density at radius 1 is 1.47 bits per heavy atom. The fourth-order valence-electron chi connectivity index (χ4n) is 1.36. The minimum atomic E-state index is -0.364. The van der Waals surface area contributed by atoms with Gasteiger partial charge in [0.1, 0.15) is 0 Å². The van der Waals surface area contributed by atoms with Gasteiger partial charge in [-0.3, -0.25) is 9.13 Å². The van der Waals surface area contributed by atoms with Crippen molar-refractivity contribution in [3.8, 4) is 5.88 Å². The highest BCUT2D eigenvalue weighted by atomic mass is 16.7. The molecule has 15 heavy (non-hydrogen) atoms. The largest absolute Gasteiger partial charge is 0.493 e. The van der Waals surface area contributed by atoms with E-state index in [2.05, 4.69) is 0 Å². The minimum absolute atomic E-state index is 0.0477. The summed E-state index contributed by atoms with van der Waals surface area (Å²) in [6.45, 7) is 0.359. The van der Waals surface area contributed by atoms with Gasteiger partial charge in [0.05, 0.1) is 6.20 Å². The summed E-state index contributed by atoms with van der Waals surface area (Å²) < 4.78 is 12.6. The van der Waals surface area contributed by atoms with Crippen molar-refractivity contribution < 1.29 is 14.6 Å². The quantitative estimate of drug-likeness (QED) is 0.698. The predicted molar refractivity (Wildman–Crippen MR) is 53.8 cm³/mol. The zero-order valence-electron chi connectivity index (χ0n) is 9.14. The lowest BCUT2D eigenvalue weighted by Gasteiger charge is -2.12. The number of aromatic hydroxyl groups is 1. The van der Waals surface area contributed by atoms with Gasteiger partial charge in [0, 0.05) is 34.2 Å². The molecule has 6 heteroatoms. The standard InChI is InChI=1S/C9H16N2O4/c1-10-6-7(12)11(9(10)13)5-4-8(14-2)15-3/h6,8,12H,4-5H2,1-3H3. The van der Waals surface area contributed by atoms with Crippen molar-refractivity contribution >= 4 is 0 Å². The van der Waals surface area contributed by atoms with Crippen LogP contribution in [0.1, 0.15) is 6.42 Å². The number of nitrogens with zero attached hydrogens (tertiary/aromatic N) is 2. The summed E-state index contributed by atoms with van der Waals surface area (Å²) in [5.74, 6) is -0.0477. The number of methoxy groups -OCH3 is 2. The average Bonchev–Trinajstić information content (AvgIpc) is 2.45. The monoisotopic (exact) mass is 216 g/mol. The molecule has 0 aliphatic carbocycles. The Labute approximate surface area is 87.7 Å². The van der Waals surface area contributed by atoms with Crippen molar-refractivity contribution in [2.75, 3.05) is 14.2 Å². The second-order valence-electron chi connectivity index (χ2n) is 3.22. The van der Waals surface area contributed by atoms with Crippen LogP contribution in [0.3, 0.4) is 0 Å². The summed E-state index contributed by atoms with van der Waals surface area (Å²) >= 11 is 0. The van der Waals surface area contributed by atoms with Gasteiger partial charge in [-0.2, -0.15) is 0 Å². The van der Waals surface area contributed by atoms with Gasteiger partial charge >= 0.3 is 5.69 Å². The Morgan fingerprint density at radius 3 is 2.47 bits per heavy atom. The zero-order chi connectivity index (χ0) is 11.4. The molecular weight excluding hydrogens is 200 g/mol. The third-order valence-corrected chi connectivity index (χ3v) is 2.23. The SMILES string of the molecule is COC(CCn1c(O)cn(C)c1=O)OC. The molecule has 86 valence electrons. The fraction of sp³-hybridized carbons (Fsp3) is 0.667. The zero-order valence-corrected chi connectivity index (χ0v) is 9.14. The Hall–Kier alpha value is -1.27. The molecule has 1 N–H and O–H groups in total. The maximum Gasteiger partial charge on any atom is 0.330 e. The summed E-state index contributed by atoms with van der Waals surface area (Å²) in [7, 11) is 4.65. The van der Waals surface area contributed by atoms with Crippen molar-refractivity contribution in [1.29, 1.82) is 0 Å². The normalized spacial score (nSPS) is 11.2. The molecule has 0 saturated carbocycles. The van der Waals surface area contributed by atoms with E-state index in [1.807, 2.05) is 0 Å². The van der Waals surface area contributed by atoms with Crippen LogP contribution in [0.5, 0.6) is 5.88 Å². The molecule has 0 aliphatic rings. The van der Waals surface area contributed by atoms with Crippen molar-refractivity contribution in [2.45, 2.75) is 19.3 Å². The molecule has 0 atom stereocenters. The molecule has 6 nitrogen and oxygen atoms in total. The molecule has 1 heterocycles. The van der Waals surface area contributed by atoms with E-state index < -0.39 is 0 Å². The molecule has 0 bridgehead atoms. The van der Waals surface area contributed by atoms with Gasteiger partial charge in [-0.25, -0.2) is 4.79 Å². The van der Waals surface area contributed by atoms with Crippen LogP contribution in [-0.2, 0) is 23.1 Å². The number of aryl methyl sites for hydroxylation is 1. The molecule has 1 aromatic rings. The predicted octanol–water partition coefficient (Wildman–Crippen LogP) is -0.0986. The maximum atomic E-state index is 11.5.